The molecule has 4 atom stereocenters. The number of nitrogens with one attached hydrogen (secondary N) is 1. The maximum Gasteiger partial charge on any atom is 0.333 e. The standard InChI is InChI=1S/C20H26ClN2O6P/c1-14(23-9-8-19(24)22-20(23)25)11-17(26-2)13-28-30-27-10-4-7-18(29-30)15-5-3-6-16(21)12-15/h3,5-6,8-9,12,14,17-18H,4,7,10-11,13H2,1-2H3,(H,22,24,25). The summed E-state index contributed by atoms with van der Waals surface area (Å²) in [4.78, 5) is 25.5. The van der Waals surface area contributed by atoms with Gasteiger partial charge in [0, 0.05) is 30.4 Å². The lowest BCUT2D eigenvalue weighted by Crippen LogP contribution is -2.32. The van der Waals surface area contributed by atoms with E-state index in [1.165, 1.54) is 16.8 Å². The summed E-state index contributed by atoms with van der Waals surface area (Å²) in [5.41, 5.74) is 0.128. The molecule has 0 saturated carbocycles. The minimum atomic E-state index is -1.54. The Kier molecular flexibility index (Phi) is 8.62. The maximum absolute atomic E-state index is 12.0. The van der Waals surface area contributed by atoms with Crippen LogP contribution < -0.4 is 11.2 Å². The van der Waals surface area contributed by atoms with Crippen LogP contribution >= 0.6 is 20.2 Å². The Hall–Kier alpha value is -1.54. The van der Waals surface area contributed by atoms with Gasteiger partial charge in [-0.3, -0.25) is 14.3 Å². The van der Waals surface area contributed by atoms with Crippen molar-refractivity contribution in [3.63, 3.8) is 0 Å². The summed E-state index contributed by atoms with van der Waals surface area (Å²) < 4.78 is 24.7. The second kappa shape index (κ2) is 11.2. The van der Waals surface area contributed by atoms with Gasteiger partial charge in [-0.25, -0.2) is 4.79 Å². The van der Waals surface area contributed by atoms with Gasteiger partial charge in [0.1, 0.15) is 0 Å². The largest absolute Gasteiger partial charge is 0.379 e. The molecule has 1 aromatic heterocycles. The summed E-state index contributed by atoms with van der Waals surface area (Å²) in [7, 11) is 0.0524. The van der Waals surface area contributed by atoms with E-state index in [1.807, 2.05) is 31.2 Å². The molecule has 0 bridgehead atoms. The van der Waals surface area contributed by atoms with E-state index >= 15 is 0 Å². The number of hydrogen-bond donors (Lipinski definition) is 1. The Morgan fingerprint density at radius 2 is 2.20 bits per heavy atom. The van der Waals surface area contributed by atoms with Crippen LogP contribution in [0.4, 0.5) is 0 Å². The third-order valence-corrected chi connectivity index (χ3v) is 6.29. The fourth-order valence-corrected chi connectivity index (χ4v) is 4.64. The number of nitrogens with zero attached hydrogens (tertiary/aromatic N) is 1. The molecule has 1 N–H and O–H groups in total. The molecule has 3 rings (SSSR count). The van der Waals surface area contributed by atoms with Crippen LogP contribution in [-0.2, 0) is 18.3 Å². The molecule has 2 aromatic rings. The van der Waals surface area contributed by atoms with E-state index in [-0.39, 0.29) is 24.9 Å². The zero-order valence-electron chi connectivity index (χ0n) is 17.0. The Morgan fingerprint density at radius 1 is 1.37 bits per heavy atom. The van der Waals surface area contributed by atoms with Crippen LogP contribution in [0.3, 0.4) is 0 Å². The number of aromatic nitrogens is 2. The first-order chi connectivity index (χ1) is 14.5. The van der Waals surface area contributed by atoms with Crippen LogP contribution in [0.15, 0.2) is 46.1 Å². The van der Waals surface area contributed by atoms with Gasteiger partial charge in [-0.2, -0.15) is 0 Å². The second-order valence-corrected chi connectivity index (χ2v) is 8.71. The van der Waals surface area contributed by atoms with E-state index in [9.17, 15) is 9.59 Å². The monoisotopic (exact) mass is 456 g/mol. The van der Waals surface area contributed by atoms with E-state index in [2.05, 4.69) is 4.98 Å². The molecular formula is C20H26ClN2O6P. The highest BCUT2D eigenvalue weighted by Gasteiger charge is 2.26. The van der Waals surface area contributed by atoms with Crippen molar-refractivity contribution < 1.29 is 18.3 Å². The molecule has 0 amide bonds. The van der Waals surface area contributed by atoms with Gasteiger partial charge in [0.05, 0.1) is 25.4 Å². The van der Waals surface area contributed by atoms with Crippen LogP contribution in [0.1, 0.15) is 43.9 Å². The normalized spacial score (nSPS) is 21.7. The molecule has 4 unspecified atom stereocenters. The average molecular weight is 457 g/mol. The van der Waals surface area contributed by atoms with E-state index in [0.29, 0.717) is 18.1 Å². The van der Waals surface area contributed by atoms with Gasteiger partial charge in [0.25, 0.3) is 5.56 Å². The number of aromatic amines is 1. The molecule has 1 saturated heterocycles. The summed E-state index contributed by atoms with van der Waals surface area (Å²) in [6.45, 7) is 2.70. The number of ether oxygens (including phenoxy) is 1. The molecule has 0 radical (unpaired) electrons. The number of benzene rings is 1. The van der Waals surface area contributed by atoms with Gasteiger partial charge in [0.2, 0.25) is 0 Å². The number of methoxy groups -OCH3 is 1. The molecule has 0 aliphatic carbocycles. The molecule has 30 heavy (non-hydrogen) atoms. The van der Waals surface area contributed by atoms with Crippen molar-refractivity contribution in [3.8, 4) is 0 Å². The molecule has 1 aromatic carbocycles. The molecule has 2 heterocycles. The Bertz CT molecular complexity index is 936. The highest BCUT2D eigenvalue weighted by molar-refractivity contribution is 7.41. The minimum absolute atomic E-state index is 0.142. The van der Waals surface area contributed by atoms with Crippen LogP contribution in [-0.4, -0.2) is 36.0 Å². The van der Waals surface area contributed by atoms with E-state index in [0.717, 1.165) is 18.4 Å². The third-order valence-electron chi connectivity index (χ3n) is 4.87. The van der Waals surface area contributed by atoms with Crippen molar-refractivity contribution in [1.29, 1.82) is 0 Å². The first-order valence-electron chi connectivity index (χ1n) is 9.78. The Morgan fingerprint density at radius 3 is 2.93 bits per heavy atom. The predicted octanol–water partition coefficient (Wildman–Crippen LogP) is 3.97. The van der Waals surface area contributed by atoms with E-state index < -0.39 is 19.9 Å². The van der Waals surface area contributed by atoms with Crippen LogP contribution in [0, 0.1) is 0 Å². The van der Waals surface area contributed by atoms with E-state index in [1.54, 1.807) is 7.11 Å². The smallest absolute Gasteiger partial charge is 0.333 e. The molecule has 1 aliphatic rings. The Balaban J connectivity index is 1.57. The molecule has 8 nitrogen and oxygen atoms in total. The van der Waals surface area contributed by atoms with Crippen molar-refractivity contribution >= 4 is 20.2 Å². The average Bonchev–Trinajstić information content (AvgIpc) is 2.96. The minimum Gasteiger partial charge on any atom is -0.379 e. The lowest BCUT2D eigenvalue weighted by Gasteiger charge is -2.24. The zero-order valence-corrected chi connectivity index (χ0v) is 18.6. The van der Waals surface area contributed by atoms with Crippen LogP contribution in [0.5, 0.6) is 0 Å². The fourth-order valence-electron chi connectivity index (χ4n) is 3.24. The lowest BCUT2D eigenvalue weighted by atomic mass is 10.1. The van der Waals surface area contributed by atoms with Gasteiger partial charge < -0.3 is 18.3 Å². The summed E-state index contributed by atoms with van der Waals surface area (Å²) in [6.07, 6.45) is 3.26. The lowest BCUT2D eigenvalue weighted by molar-refractivity contribution is 0.0299. The molecule has 164 valence electrons. The van der Waals surface area contributed by atoms with Crippen molar-refractivity contribution in [1.82, 2.24) is 9.55 Å². The summed E-state index contributed by atoms with van der Waals surface area (Å²) in [5, 5.41) is 0.664. The topological polar surface area (TPSA) is 91.8 Å². The summed E-state index contributed by atoms with van der Waals surface area (Å²) >= 11 is 6.11. The highest BCUT2D eigenvalue weighted by Crippen LogP contribution is 2.48. The van der Waals surface area contributed by atoms with Gasteiger partial charge >= 0.3 is 14.3 Å². The third kappa shape index (κ3) is 6.48. The summed E-state index contributed by atoms with van der Waals surface area (Å²) in [6, 6.07) is 8.74. The molecule has 1 fully saturated rings. The molecule has 10 heteroatoms. The fraction of sp³-hybridized carbons (Fsp3) is 0.500. The molecule has 0 spiro atoms. The first kappa shape index (κ1) is 23.1. The molecular weight excluding hydrogens is 431 g/mol. The van der Waals surface area contributed by atoms with Gasteiger partial charge in [-0.15, -0.1) is 0 Å². The van der Waals surface area contributed by atoms with Crippen LogP contribution in [0.2, 0.25) is 5.02 Å². The van der Waals surface area contributed by atoms with Crippen molar-refractivity contribution in [2.75, 3.05) is 20.3 Å². The predicted molar refractivity (Wildman–Crippen MR) is 115 cm³/mol. The first-order valence-corrected chi connectivity index (χ1v) is 11.3. The van der Waals surface area contributed by atoms with Crippen molar-refractivity contribution in [3.05, 3.63) is 68.0 Å². The quantitative estimate of drug-likeness (QED) is 0.604. The number of H-pyrrole nitrogens is 1. The SMILES string of the molecule is COC(COP1OCCCC(c2cccc(Cl)c2)O1)CC(C)n1ccc(=O)[nH]c1=O. The van der Waals surface area contributed by atoms with Crippen molar-refractivity contribution in [2.24, 2.45) is 0 Å². The van der Waals surface area contributed by atoms with Gasteiger partial charge in [-0.05, 0) is 43.9 Å². The number of rotatable bonds is 8. The van der Waals surface area contributed by atoms with Crippen molar-refractivity contribution in [2.45, 2.75) is 44.4 Å². The maximum atomic E-state index is 12.0. The summed E-state index contributed by atoms with van der Waals surface area (Å²) in [5.74, 6) is 0. The zero-order chi connectivity index (χ0) is 21.5. The number of hydrogen-bond acceptors (Lipinski definition) is 6. The highest BCUT2D eigenvalue weighted by atomic mass is 35.5. The second-order valence-electron chi connectivity index (χ2n) is 7.10. The van der Waals surface area contributed by atoms with Gasteiger partial charge in [0.15, 0.2) is 0 Å². The van der Waals surface area contributed by atoms with E-state index in [4.69, 9.17) is 29.9 Å². The van der Waals surface area contributed by atoms with Gasteiger partial charge in [-0.1, -0.05) is 23.7 Å². The molecule has 1 aliphatic heterocycles. The Labute approximate surface area is 181 Å². The number of halogens is 1. The van der Waals surface area contributed by atoms with Crippen LogP contribution in [0.25, 0.3) is 0 Å².